The summed E-state index contributed by atoms with van der Waals surface area (Å²) in [5.74, 6) is -3.02. The number of imidazole rings is 1. The number of carboxylic acid groups (broad SMARTS) is 1. The fourth-order valence-corrected chi connectivity index (χ4v) is 2.54. The standard InChI is InChI=1S/C17H28N6O5/c1-9(2)5-11(18)15(25)22-12(3-4-14(19)24)16(26)23-13(17(27)28)6-10-7-20-8-21-10/h7-9,11-13H,3-6,18H2,1-2H3,(H2,19,24)(H,20,21)(H,22,25)(H,23,26)(H,27,28)/t11-,12-,13-/m0/s1. The minimum absolute atomic E-state index is 0.0234. The lowest BCUT2D eigenvalue weighted by Gasteiger charge is -2.23. The number of hydrogen-bond acceptors (Lipinski definition) is 6. The van der Waals surface area contributed by atoms with Gasteiger partial charge in [-0.1, -0.05) is 13.8 Å². The highest BCUT2D eigenvalue weighted by Crippen LogP contribution is 2.06. The van der Waals surface area contributed by atoms with Gasteiger partial charge in [0.15, 0.2) is 0 Å². The Morgan fingerprint density at radius 2 is 1.82 bits per heavy atom. The normalized spacial score (nSPS) is 14.1. The van der Waals surface area contributed by atoms with Crippen LogP contribution in [0.15, 0.2) is 12.5 Å². The van der Waals surface area contributed by atoms with E-state index >= 15 is 0 Å². The summed E-state index contributed by atoms with van der Waals surface area (Å²) in [6, 6.07) is -3.21. The summed E-state index contributed by atoms with van der Waals surface area (Å²) >= 11 is 0. The number of rotatable bonds is 12. The van der Waals surface area contributed by atoms with Gasteiger partial charge >= 0.3 is 5.97 Å². The van der Waals surface area contributed by atoms with Crippen molar-refractivity contribution in [1.82, 2.24) is 20.6 Å². The number of nitrogens with one attached hydrogen (secondary N) is 3. The topological polar surface area (TPSA) is 193 Å². The van der Waals surface area contributed by atoms with Crippen molar-refractivity contribution in [3.05, 3.63) is 18.2 Å². The first-order chi connectivity index (χ1) is 13.1. The third kappa shape index (κ3) is 8.16. The van der Waals surface area contributed by atoms with E-state index in [1.54, 1.807) is 0 Å². The Morgan fingerprint density at radius 1 is 1.18 bits per heavy atom. The average molecular weight is 396 g/mol. The SMILES string of the molecule is CC(C)C[C@H](N)C(=O)N[C@@H](CCC(N)=O)C(=O)N[C@@H](Cc1cnc[nH]1)C(=O)O. The average Bonchev–Trinajstić information content (AvgIpc) is 3.09. The first kappa shape index (κ1) is 23.1. The third-order valence-corrected chi connectivity index (χ3v) is 3.97. The van der Waals surface area contributed by atoms with E-state index in [-0.39, 0.29) is 25.2 Å². The zero-order valence-electron chi connectivity index (χ0n) is 16.0. The zero-order chi connectivity index (χ0) is 21.3. The van der Waals surface area contributed by atoms with Crippen molar-refractivity contribution in [2.45, 2.75) is 57.7 Å². The lowest BCUT2D eigenvalue weighted by Crippen LogP contribution is -2.55. The Morgan fingerprint density at radius 3 is 2.32 bits per heavy atom. The fraction of sp³-hybridized carbons (Fsp3) is 0.588. The maximum atomic E-state index is 12.6. The van der Waals surface area contributed by atoms with Crippen LogP contribution in [0.4, 0.5) is 0 Å². The Bertz CT molecular complexity index is 676. The second-order valence-corrected chi connectivity index (χ2v) is 6.98. The molecule has 0 radical (unpaired) electrons. The Balaban J connectivity index is 2.82. The number of H-pyrrole nitrogens is 1. The van der Waals surface area contributed by atoms with E-state index in [0.717, 1.165) is 0 Å². The predicted octanol–water partition coefficient (Wildman–Crippen LogP) is -1.35. The molecule has 0 aliphatic heterocycles. The maximum Gasteiger partial charge on any atom is 0.326 e. The van der Waals surface area contributed by atoms with E-state index in [9.17, 15) is 24.3 Å². The molecule has 0 unspecified atom stereocenters. The first-order valence-corrected chi connectivity index (χ1v) is 8.94. The van der Waals surface area contributed by atoms with Gasteiger partial charge in [0.05, 0.1) is 12.4 Å². The molecule has 28 heavy (non-hydrogen) atoms. The lowest BCUT2D eigenvalue weighted by atomic mass is 10.0. The minimum Gasteiger partial charge on any atom is -0.480 e. The van der Waals surface area contributed by atoms with Gasteiger partial charge in [-0.05, 0) is 18.8 Å². The van der Waals surface area contributed by atoms with Crippen LogP contribution in [0.2, 0.25) is 0 Å². The predicted molar refractivity (Wildman–Crippen MR) is 99.6 cm³/mol. The molecule has 0 saturated carbocycles. The smallest absolute Gasteiger partial charge is 0.326 e. The fourth-order valence-electron chi connectivity index (χ4n) is 2.54. The van der Waals surface area contributed by atoms with Gasteiger partial charge < -0.3 is 32.2 Å². The van der Waals surface area contributed by atoms with E-state index < -0.39 is 41.8 Å². The third-order valence-electron chi connectivity index (χ3n) is 3.97. The highest BCUT2D eigenvalue weighted by Gasteiger charge is 2.28. The van der Waals surface area contributed by atoms with E-state index in [1.807, 2.05) is 13.8 Å². The van der Waals surface area contributed by atoms with Gasteiger partial charge in [0, 0.05) is 24.7 Å². The van der Waals surface area contributed by atoms with E-state index in [1.165, 1.54) is 12.5 Å². The molecule has 0 fully saturated rings. The number of carbonyl (C=O) groups excluding carboxylic acids is 3. The number of primary amides is 1. The first-order valence-electron chi connectivity index (χ1n) is 8.94. The van der Waals surface area contributed by atoms with Crippen molar-refractivity contribution in [3.63, 3.8) is 0 Å². The summed E-state index contributed by atoms with van der Waals surface area (Å²) in [5, 5.41) is 14.2. The van der Waals surface area contributed by atoms with E-state index in [2.05, 4.69) is 20.6 Å². The quantitative estimate of drug-likeness (QED) is 0.251. The largest absolute Gasteiger partial charge is 0.480 e. The number of aliphatic carboxylic acids is 1. The molecule has 0 spiro atoms. The van der Waals surface area contributed by atoms with Gasteiger partial charge in [-0.3, -0.25) is 14.4 Å². The van der Waals surface area contributed by atoms with Crippen molar-refractivity contribution >= 4 is 23.7 Å². The molecule has 156 valence electrons. The van der Waals surface area contributed by atoms with Gasteiger partial charge in [0.1, 0.15) is 12.1 Å². The summed E-state index contributed by atoms with van der Waals surface area (Å²) in [6.45, 7) is 3.80. The Labute approximate surface area is 162 Å². The van der Waals surface area contributed by atoms with E-state index in [4.69, 9.17) is 11.5 Å². The summed E-state index contributed by atoms with van der Waals surface area (Å²) in [5.41, 5.74) is 11.5. The molecule has 0 saturated heterocycles. The minimum atomic E-state index is -1.25. The maximum absolute atomic E-state index is 12.6. The van der Waals surface area contributed by atoms with Crippen molar-refractivity contribution in [2.75, 3.05) is 0 Å². The van der Waals surface area contributed by atoms with Crippen LogP contribution in [0.5, 0.6) is 0 Å². The molecule has 0 bridgehead atoms. The number of carbonyl (C=O) groups is 4. The van der Waals surface area contributed by atoms with Crippen molar-refractivity contribution < 1.29 is 24.3 Å². The van der Waals surface area contributed by atoms with Crippen LogP contribution in [0.1, 0.15) is 38.8 Å². The molecule has 0 aliphatic rings. The molecular formula is C17H28N6O5. The highest BCUT2D eigenvalue weighted by atomic mass is 16.4. The zero-order valence-corrected chi connectivity index (χ0v) is 16.0. The summed E-state index contributed by atoms with van der Waals surface area (Å²) in [6.07, 6.45) is 2.99. The molecule has 0 aromatic carbocycles. The molecule has 11 heteroatoms. The van der Waals surface area contributed by atoms with Crippen LogP contribution < -0.4 is 22.1 Å². The lowest BCUT2D eigenvalue weighted by molar-refractivity contribution is -0.142. The summed E-state index contributed by atoms with van der Waals surface area (Å²) < 4.78 is 0. The van der Waals surface area contributed by atoms with Gasteiger partial charge in [0.25, 0.3) is 0 Å². The van der Waals surface area contributed by atoms with Gasteiger partial charge in [-0.15, -0.1) is 0 Å². The molecule has 3 amide bonds. The van der Waals surface area contributed by atoms with Crippen molar-refractivity contribution in [2.24, 2.45) is 17.4 Å². The number of aromatic amines is 1. The number of carboxylic acids is 1. The molecule has 3 atom stereocenters. The molecule has 11 nitrogen and oxygen atoms in total. The molecule has 1 rings (SSSR count). The molecule has 1 aromatic rings. The highest BCUT2D eigenvalue weighted by molar-refractivity contribution is 5.92. The summed E-state index contributed by atoms with van der Waals surface area (Å²) in [7, 11) is 0. The van der Waals surface area contributed by atoms with Crippen molar-refractivity contribution in [1.29, 1.82) is 0 Å². The molecule has 8 N–H and O–H groups in total. The Hall–Kier alpha value is -2.95. The second-order valence-electron chi connectivity index (χ2n) is 6.98. The van der Waals surface area contributed by atoms with Crippen LogP contribution in [0, 0.1) is 5.92 Å². The number of aromatic nitrogens is 2. The van der Waals surface area contributed by atoms with Crippen LogP contribution in [0.3, 0.4) is 0 Å². The number of nitrogens with two attached hydrogens (primary N) is 2. The van der Waals surface area contributed by atoms with E-state index in [0.29, 0.717) is 12.1 Å². The molecule has 1 heterocycles. The van der Waals surface area contributed by atoms with Gasteiger partial charge in [-0.25, -0.2) is 9.78 Å². The van der Waals surface area contributed by atoms with Crippen molar-refractivity contribution in [3.8, 4) is 0 Å². The number of amides is 3. The number of nitrogens with zero attached hydrogens (tertiary/aromatic N) is 1. The van der Waals surface area contributed by atoms with Crippen LogP contribution in [-0.2, 0) is 25.6 Å². The second kappa shape index (κ2) is 11.0. The van der Waals surface area contributed by atoms with Crippen LogP contribution >= 0.6 is 0 Å². The molecule has 1 aromatic heterocycles. The van der Waals surface area contributed by atoms with Gasteiger partial charge in [-0.2, -0.15) is 0 Å². The molecule has 0 aliphatic carbocycles. The summed E-state index contributed by atoms with van der Waals surface area (Å²) in [4.78, 5) is 53.9. The number of hydrogen-bond donors (Lipinski definition) is 6. The van der Waals surface area contributed by atoms with Crippen LogP contribution in [0.25, 0.3) is 0 Å². The van der Waals surface area contributed by atoms with Gasteiger partial charge in [0.2, 0.25) is 17.7 Å². The molecular weight excluding hydrogens is 368 g/mol. The van der Waals surface area contributed by atoms with Crippen LogP contribution in [-0.4, -0.2) is 56.9 Å². The Kier molecular flexibility index (Phi) is 9.09. The monoisotopic (exact) mass is 396 g/mol.